The maximum atomic E-state index is 13.1. The molecule has 9 heteroatoms. The normalized spacial score (nSPS) is 13.8. The van der Waals surface area contributed by atoms with E-state index in [4.69, 9.17) is 10.2 Å². The van der Waals surface area contributed by atoms with Crippen molar-refractivity contribution in [2.45, 2.75) is 13.8 Å². The molecular formula is C25H25N7O2. The number of hydrogen-bond acceptors (Lipinski definition) is 8. The number of anilines is 2. The van der Waals surface area contributed by atoms with Crippen LogP contribution in [0.15, 0.2) is 59.1 Å². The van der Waals surface area contributed by atoms with Gasteiger partial charge < -0.3 is 20.0 Å². The van der Waals surface area contributed by atoms with E-state index >= 15 is 0 Å². The second-order valence-corrected chi connectivity index (χ2v) is 8.29. The highest BCUT2D eigenvalue weighted by Crippen LogP contribution is 2.27. The number of benzene rings is 2. The van der Waals surface area contributed by atoms with Gasteiger partial charge in [0, 0.05) is 37.3 Å². The van der Waals surface area contributed by atoms with E-state index in [1.807, 2.05) is 67.3 Å². The lowest BCUT2D eigenvalue weighted by atomic mass is 10.0. The largest absolute Gasteiger partial charge is 0.414 e. The van der Waals surface area contributed by atoms with Gasteiger partial charge in [0.1, 0.15) is 5.82 Å². The number of nitrogen functional groups attached to an aromatic ring is 1. The molecule has 1 fully saturated rings. The molecule has 172 valence electrons. The zero-order valence-electron chi connectivity index (χ0n) is 19.1. The summed E-state index contributed by atoms with van der Waals surface area (Å²) < 4.78 is 5.82. The standard InChI is InChI=1S/C25H25N7O2/c1-16-7-6-8-17(2)20(16)25(33)32-13-11-31(12-14-32)19-15-27-22(26)21(28-19)24-30-29-23(34-24)18-9-4-3-5-10-18/h3-10,15H,11-14H2,1-2H3,(H2,26,27). The summed E-state index contributed by atoms with van der Waals surface area (Å²) in [5.74, 6) is 1.55. The van der Waals surface area contributed by atoms with Crippen LogP contribution >= 0.6 is 0 Å². The number of carbonyl (C=O) groups is 1. The fourth-order valence-corrected chi connectivity index (χ4v) is 4.16. The number of amides is 1. The highest BCUT2D eigenvalue weighted by molar-refractivity contribution is 5.97. The lowest BCUT2D eigenvalue weighted by Crippen LogP contribution is -2.49. The zero-order valence-corrected chi connectivity index (χ0v) is 19.1. The Morgan fingerprint density at radius 3 is 2.29 bits per heavy atom. The Hall–Kier alpha value is -4.27. The van der Waals surface area contributed by atoms with Gasteiger partial charge in [-0.3, -0.25) is 4.79 Å². The Kier molecular flexibility index (Phi) is 5.67. The van der Waals surface area contributed by atoms with Crippen LogP contribution in [0.1, 0.15) is 21.5 Å². The van der Waals surface area contributed by atoms with Gasteiger partial charge in [-0.25, -0.2) is 9.97 Å². The molecule has 9 nitrogen and oxygen atoms in total. The zero-order chi connectivity index (χ0) is 23.7. The molecule has 0 atom stereocenters. The minimum atomic E-state index is 0.0682. The van der Waals surface area contributed by atoms with Crippen molar-refractivity contribution in [2.75, 3.05) is 36.8 Å². The van der Waals surface area contributed by atoms with Crippen LogP contribution in [0, 0.1) is 13.8 Å². The molecule has 2 N–H and O–H groups in total. The van der Waals surface area contributed by atoms with E-state index in [-0.39, 0.29) is 17.6 Å². The lowest BCUT2D eigenvalue weighted by molar-refractivity contribution is 0.0745. The Morgan fingerprint density at radius 1 is 0.912 bits per heavy atom. The summed E-state index contributed by atoms with van der Waals surface area (Å²) in [6.45, 7) is 6.40. The van der Waals surface area contributed by atoms with E-state index in [1.165, 1.54) is 0 Å². The molecule has 1 saturated heterocycles. The summed E-state index contributed by atoms with van der Waals surface area (Å²) in [6, 6.07) is 15.4. The summed E-state index contributed by atoms with van der Waals surface area (Å²) in [6.07, 6.45) is 1.64. The number of aryl methyl sites for hydroxylation is 2. The van der Waals surface area contributed by atoms with Gasteiger partial charge in [-0.05, 0) is 37.1 Å². The first-order valence-electron chi connectivity index (χ1n) is 11.1. The highest BCUT2D eigenvalue weighted by Gasteiger charge is 2.26. The van der Waals surface area contributed by atoms with Gasteiger partial charge in [0.05, 0.1) is 6.20 Å². The molecule has 1 aliphatic rings. The molecule has 2 aromatic carbocycles. The van der Waals surface area contributed by atoms with Crippen LogP contribution in [0.4, 0.5) is 11.6 Å². The van der Waals surface area contributed by atoms with Gasteiger partial charge in [0.15, 0.2) is 11.5 Å². The van der Waals surface area contributed by atoms with Crippen LogP contribution in [0.5, 0.6) is 0 Å². The van der Waals surface area contributed by atoms with Crippen LogP contribution in [0.2, 0.25) is 0 Å². The Morgan fingerprint density at radius 2 is 1.59 bits per heavy atom. The predicted molar refractivity (Wildman–Crippen MR) is 129 cm³/mol. The molecule has 0 aliphatic carbocycles. The van der Waals surface area contributed by atoms with Crippen molar-refractivity contribution >= 4 is 17.5 Å². The quantitative estimate of drug-likeness (QED) is 0.498. The number of hydrogen-bond donors (Lipinski definition) is 1. The van der Waals surface area contributed by atoms with Crippen LogP contribution in [0.3, 0.4) is 0 Å². The summed E-state index contributed by atoms with van der Waals surface area (Å²) in [7, 11) is 0. The third-order valence-electron chi connectivity index (χ3n) is 6.02. The molecule has 34 heavy (non-hydrogen) atoms. The van der Waals surface area contributed by atoms with E-state index in [0.29, 0.717) is 43.6 Å². The van der Waals surface area contributed by atoms with Crippen molar-refractivity contribution in [2.24, 2.45) is 0 Å². The fraction of sp³-hybridized carbons (Fsp3) is 0.240. The van der Waals surface area contributed by atoms with Crippen molar-refractivity contribution in [3.63, 3.8) is 0 Å². The first-order valence-corrected chi connectivity index (χ1v) is 11.1. The highest BCUT2D eigenvalue weighted by atomic mass is 16.4. The SMILES string of the molecule is Cc1cccc(C)c1C(=O)N1CCN(c2cnc(N)c(-c3nnc(-c4ccccc4)o3)n2)CC1. The minimum Gasteiger partial charge on any atom is -0.414 e. The molecular weight excluding hydrogens is 430 g/mol. The molecule has 0 unspecified atom stereocenters. The van der Waals surface area contributed by atoms with Crippen LogP contribution in [-0.2, 0) is 0 Å². The van der Waals surface area contributed by atoms with E-state index in [0.717, 1.165) is 22.3 Å². The minimum absolute atomic E-state index is 0.0682. The van der Waals surface area contributed by atoms with Gasteiger partial charge in [-0.1, -0.05) is 36.4 Å². The molecule has 5 rings (SSSR count). The Bertz CT molecular complexity index is 1310. The molecule has 0 bridgehead atoms. The third kappa shape index (κ3) is 4.07. The summed E-state index contributed by atoms with van der Waals surface area (Å²) in [4.78, 5) is 26.1. The Labute approximate surface area is 197 Å². The number of rotatable bonds is 4. The molecule has 0 saturated carbocycles. The molecule has 1 amide bonds. The molecule has 2 aromatic heterocycles. The summed E-state index contributed by atoms with van der Waals surface area (Å²) >= 11 is 0. The maximum Gasteiger partial charge on any atom is 0.270 e. The smallest absolute Gasteiger partial charge is 0.270 e. The van der Waals surface area contributed by atoms with Gasteiger partial charge in [-0.2, -0.15) is 0 Å². The lowest BCUT2D eigenvalue weighted by Gasteiger charge is -2.35. The number of carbonyl (C=O) groups excluding carboxylic acids is 1. The van der Waals surface area contributed by atoms with Crippen molar-refractivity contribution in [3.8, 4) is 23.0 Å². The number of aromatic nitrogens is 4. The predicted octanol–water partition coefficient (Wildman–Crippen LogP) is 3.36. The van der Waals surface area contributed by atoms with E-state index in [9.17, 15) is 4.79 Å². The summed E-state index contributed by atoms with van der Waals surface area (Å²) in [5, 5.41) is 8.25. The average molecular weight is 456 g/mol. The first-order chi connectivity index (χ1) is 16.5. The molecule has 3 heterocycles. The van der Waals surface area contributed by atoms with Crippen molar-refractivity contribution in [3.05, 3.63) is 71.4 Å². The van der Waals surface area contributed by atoms with Gasteiger partial charge in [0.25, 0.3) is 11.8 Å². The monoisotopic (exact) mass is 455 g/mol. The summed E-state index contributed by atoms with van der Waals surface area (Å²) in [5.41, 5.74) is 10.0. The number of piperazine rings is 1. The van der Waals surface area contributed by atoms with Crippen LogP contribution < -0.4 is 10.6 Å². The van der Waals surface area contributed by atoms with Crippen molar-refractivity contribution in [1.82, 2.24) is 25.1 Å². The maximum absolute atomic E-state index is 13.1. The fourth-order valence-electron chi connectivity index (χ4n) is 4.16. The van der Waals surface area contributed by atoms with E-state index < -0.39 is 0 Å². The van der Waals surface area contributed by atoms with Crippen LogP contribution in [-0.4, -0.2) is 57.2 Å². The van der Waals surface area contributed by atoms with Gasteiger partial charge in [-0.15, -0.1) is 10.2 Å². The first kappa shape index (κ1) is 21.6. The second kappa shape index (κ2) is 8.93. The number of nitrogens with two attached hydrogens (primary N) is 1. The molecule has 1 aliphatic heterocycles. The van der Waals surface area contributed by atoms with Crippen molar-refractivity contribution in [1.29, 1.82) is 0 Å². The van der Waals surface area contributed by atoms with E-state index in [2.05, 4.69) is 25.1 Å². The molecule has 4 aromatic rings. The average Bonchev–Trinajstić information content (AvgIpc) is 3.35. The molecule has 0 spiro atoms. The number of nitrogens with zero attached hydrogens (tertiary/aromatic N) is 6. The Balaban J connectivity index is 1.32. The van der Waals surface area contributed by atoms with Gasteiger partial charge in [0.2, 0.25) is 5.89 Å². The van der Waals surface area contributed by atoms with Crippen LogP contribution in [0.25, 0.3) is 23.0 Å². The van der Waals surface area contributed by atoms with E-state index in [1.54, 1.807) is 6.20 Å². The van der Waals surface area contributed by atoms with Crippen molar-refractivity contribution < 1.29 is 9.21 Å². The third-order valence-corrected chi connectivity index (χ3v) is 6.02. The molecule has 0 radical (unpaired) electrons. The topological polar surface area (TPSA) is 114 Å². The van der Waals surface area contributed by atoms with Gasteiger partial charge >= 0.3 is 0 Å². The second-order valence-electron chi connectivity index (χ2n) is 8.29.